The van der Waals surface area contributed by atoms with Crippen LogP contribution >= 0.6 is 0 Å². The summed E-state index contributed by atoms with van der Waals surface area (Å²) < 4.78 is 12.0. The van der Waals surface area contributed by atoms with Crippen LogP contribution in [0, 0.1) is 0 Å². The first-order chi connectivity index (χ1) is 9.67. The number of imidazole rings is 1. The molecule has 1 saturated heterocycles. The Hall–Kier alpha value is -1.81. The zero-order chi connectivity index (χ0) is 14.3. The van der Waals surface area contributed by atoms with E-state index in [0.717, 1.165) is 0 Å². The van der Waals surface area contributed by atoms with Crippen LogP contribution in [0.2, 0.25) is 0 Å². The van der Waals surface area contributed by atoms with Crippen molar-refractivity contribution in [3.63, 3.8) is 0 Å². The Morgan fingerprint density at radius 2 is 2.10 bits per heavy atom. The van der Waals surface area contributed by atoms with Crippen molar-refractivity contribution in [3.05, 3.63) is 12.7 Å². The fourth-order valence-corrected chi connectivity index (χ4v) is 2.28. The number of aliphatic hydroxyl groups excluding tert-OH is 3. The highest BCUT2D eigenvalue weighted by Crippen LogP contribution is 2.32. The maximum Gasteiger partial charge on any atom is 0.245 e. The van der Waals surface area contributed by atoms with E-state index in [1.165, 1.54) is 24.3 Å². The molecule has 3 heterocycles. The number of ether oxygens (including phenoxy) is 2. The van der Waals surface area contributed by atoms with Crippen molar-refractivity contribution in [1.82, 2.24) is 19.5 Å². The highest BCUT2D eigenvalue weighted by molar-refractivity contribution is 5.76. The first-order valence-electron chi connectivity index (χ1n) is 6.01. The van der Waals surface area contributed by atoms with E-state index in [4.69, 9.17) is 14.6 Å². The molecule has 0 radical (unpaired) electrons. The van der Waals surface area contributed by atoms with Gasteiger partial charge in [-0.05, 0) is 0 Å². The molecular formula is C11H14N4O5. The van der Waals surface area contributed by atoms with E-state index in [2.05, 4.69) is 15.0 Å². The first-order valence-corrected chi connectivity index (χ1v) is 6.01. The lowest BCUT2D eigenvalue weighted by Crippen LogP contribution is -2.33. The van der Waals surface area contributed by atoms with Gasteiger partial charge in [0.2, 0.25) is 5.88 Å². The second-order valence-electron chi connectivity index (χ2n) is 4.44. The molecule has 20 heavy (non-hydrogen) atoms. The largest absolute Gasteiger partial charge is 0.479 e. The van der Waals surface area contributed by atoms with Crippen molar-refractivity contribution in [2.45, 2.75) is 24.5 Å². The minimum atomic E-state index is -1.19. The van der Waals surface area contributed by atoms with Gasteiger partial charge in [0.15, 0.2) is 17.4 Å². The number of hydrogen-bond donors (Lipinski definition) is 3. The van der Waals surface area contributed by atoms with Gasteiger partial charge in [0.1, 0.15) is 24.6 Å². The van der Waals surface area contributed by atoms with Crippen LogP contribution in [-0.2, 0) is 4.74 Å². The van der Waals surface area contributed by atoms with E-state index in [1.807, 2.05) is 0 Å². The van der Waals surface area contributed by atoms with Crippen LogP contribution in [0.25, 0.3) is 11.2 Å². The topological polar surface area (TPSA) is 123 Å². The molecule has 0 spiro atoms. The number of methoxy groups -OCH3 is 1. The molecule has 9 heteroatoms. The SMILES string of the molecule is COc1ncnc2c1ncn2[C@@H]1O[C@H](CO)C(O)[C@@H]1O. The summed E-state index contributed by atoms with van der Waals surface area (Å²) in [6, 6.07) is 0. The summed E-state index contributed by atoms with van der Waals surface area (Å²) in [6.07, 6.45) is -1.37. The van der Waals surface area contributed by atoms with Crippen LogP contribution in [0.1, 0.15) is 6.23 Å². The van der Waals surface area contributed by atoms with Crippen LogP contribution in [-0.4, -0.2) is 66.9 Å². The number of fused-ring (bicyclic) bond motifs is 1. The van der Waals surface area contributed by atoms with E-state index in [-0.39, 0.29) is 6.61 Å². The average molecular weight is 282 g/mol. The average Bonchev–Trinajstić information content (AvgIpc) is 3.01. The molecule has 3 N–H and O–H groups in total. The van der Waals surface area contributed by atoms with E-state index >= 15 is 0 Å². The summed E-state index contributed by atoms with van der Waals surface area (Å²) in [5, 5.41) is 28.9. The molecule has 108 valence electrons. The Bertz CT molecular complexity index is 618. The predicted molar refractivity (Wildman–Crippen MR) is 64.9 cm³/mol. The first kappa shape index (κ1) is 13.2. The summed E-state index contributed by atoms with van der Waals surface area (Å²) in [4.78, 5) is 12.1. The van der Waals surface area contributed by atoms with Gasteiger partial charge in [0.25, 0.3) is 0 Å². The van der Waals surface area contributed by atoms with Crippen molar-refractivity contribution in [2.24, 2.45) is 0 Å². The number of hydrogen-bond acceptors (Lipinski definition) is 8. The van der Waals surface area contributed by atoms with E-state index in [1.54, 1.807) is 0 Å². The maximum absolute atomic E-state index is 10.0. The van der Waals surface area contributed by atoms with Gasteiger partial charge in [-0.15, -0.1) is 0 Å². The molecule has 0 amide bonds. The van der Waals surface area contributed by atoms with Gasteiger partial charge < -0.3 is 24.8 Å². The van der Waals surface area contributed by atoms with Crippen molar-refractivity contribution in [1.29, 1.82) is 0 Å². The van der Waals surface area contributed by atoms with Crippen molar-refractivity contribution >= 4 is 11.2 Å². The van der Waals surface area contributed by atoms with Gasteiger partial charge in [0.05, 0.1) is 20.0 Å². The van der Waals surface area contributed by atoms with Crippen LogP contribution in [0.4, 0.5) is 0 Å². The Morgan fingerprint density at radius 3 is 2.75 bits per heavy atom. The Morgan fingerprint density at radius 1 is 1.30 bits per heavy atom. The van der Waals surface area contributed by atoms with Gasteiger partial charge in [-0.2, -0.15) is 4.98 Å². The zero-order valence-corrected chi connectivity index (χ0v) is 10.6. The van der Waals surface area contributed by atoms with E-state index in [9.17, 15) is 10.2 Å². The molecule has 2 aromatic heterocycles. The number of rotatable bonds is 3. The molecule has 0 saturated carbocycles. The second kappa shape index (κ2) is 4.94. The molecule has 3 rings (SSSR count). The van der Waals surface area contributed by atoms with Gasteiger partial charge in [0, 0.05) is 0 Å². The Labute approximate surface area is 113 Å². The zero-order valence-electron chi connectivity index (χ0n) is 10.6. The van der Waals surface area contributed by atoms with Crippen LogP contribution < -0.4 is 4.74 Å². The molecule has 9 nitrogen and oxygen atoms in total. The Kier molecular flexibility index (Phi) is 3.26. The minimum Gasteiger partial charge on any atom is -0.479 e. The molecule has 0 bridgehead atoms. The minimum absolute atomic E-state index is 0.306. The maximum atomic E-state index is 10.0. The number of aromatic nitrogens is 4. The molecule has 1 fully saturated rings. The lowest BCUT2D eigenvalue weighted by molar-refractivity contribution is -0.0511. The van der Waals surface area contributed by atoms with Crippen LogP contribution in [0.15, 0.2) is 12.7 Å². The summed E-state index contributed by atoms with van der Waals surface area (Å²) >= 11 is 0. The highest BCUT2D eigenvalue weighted by atomic mass is 16.6. The normalized spacial score (nSPS) is 30.0. The highest BCUT2D eigenvalue weighted by Gasteiger charge is 2.44. The summed E-state index contributed by atoms with van der Waals surface area (Å²) in [7, 11) is 1.47. The standard InChI is InChI=1S/C11H14N4O5/c1-19-10-6-9(12-3-13-10)15(4-14-6)11-8(18)7(17)5(2-16)20-11/h3-5,7-8,11,16-18H,2H2,1H3/t5-,7?,8+,11-/m1/s1. The summed E-state index contributed by atoms with van der Waals surface area (Å²) in [5.41, 5.74) is 0.833. The van der Waals surface area contributed by atoms with E-state index < -0.39 is 24.5 Å². The molecule has 1 aliphatic heterocycles. The fourth-order valence-electron chi connectivity index (χ4n) is 2.28. The fraction of sp³-hybridized carbons (Fsp3) is 0.545. The number of aliphatic hydroxyl groups is 3. The predicted octanol–water partition coefficient (Wildman–Crippen LogP) is -1.55. The summed E-state index contributed by atoms with van der Waals surface area (Å²) in [5.74, 6) is 0.306. The molecule has 0 aliphatic carbocycles. The van der Waals surface area contributed by atoms with Gasteiger partial charge in [-0.3, -0.25) is 4.57 Å². The molecule has 2 aromatic rings. The van der Waals surface area contributed by atoms with E-state index in [0.29, 0.717) is 17.0 Å². The molecular weight excluding hydrogens is 268 g/mol. The molecule has 0 aromatic carbocycles. The lowest BCUT2D eigenvalue weighted by atomic mass is 10.1. The third-order valence-electron chi connectivity index (χ3n) is 3.31. The molecule has 1 unspecified atom stereocenters. The second-order valence-corrected chi connectivity index (χ2v) is 4.44. The Balaban J connectivity index is 2.03. The van der Waals surface area contributed by atoms with Crippen molar-refractivity contribution < 1.29 is 24.8 Å². The van der Waals surface area contributed by atoms with Crippen molar-refractivity contribution in [3.8, 4) is 5.88 Å². The molecule has 4 atom stereocenters. The molecule has 1 aliphatic rings. The summed E-state index contributed by atoms with van der Waals surface area (Å²) in [6.45, 7) is -0.389. The van der Waals surface area contributed by atoms with Crippen LogP contribution in [0.5, 0.6) is 5.88 Å². The van der Waals surface area contributed by atoms with Gasteiger partial charge >= 0.3 is 0 Å². The van der Waals surface area contributed by atoms with Crippen molar-refractivity contribution in [2.75, 3.05) is 13.7 Å². The smallest absolute Gasteiger partial charge is 0.245 e. The lowest BCUT2D eigenvalue weighted by Gasteiger charge is -2.16. The quantitative estimate of drug-likeness (QED) is 0.618. The van der Waals surface area contributed by atoms with Gasteiger partial charge in [-0.1, -0.05) is 0 Å². The third-order valence-corrected chi connectivity index (χ3v) is 3.31. The third kappa shape index (κ3) is 1.83. The number of nitrogens with zero attached hydrogens (tertiary/aromatic N) is 4. The van der Waals surface area contributed by atoms with Gasteiger partial charge in [-0.25, -0.2) is 9.97 Å². The van der Waals surface area contributed by atoms with Crippen LogP contribution in [0.3, 0.4) is 0 Å². The monoisotopic (exact) mass is 282 g/mol.